The Hall–Kier alpha value is -1.69. The lowest BCUT2D eigenvalue weighted by Crippen LogP contribution is -2.29. The van der Waals surface area contributed by atoms with Crippen LogP contribution >= 0.6 is 0 Å². The molecule has 100 valence electrons. The number of aliphatic hydroxyl groups excluding tert-OH is 1. The van der Waals surface area contributed by atoms with Gasteiger partial charge in [-0.25, -0.2) is 8.78 Å². The molecule has 4 nitrogen and oxygen atoms in total. The van der Waals surface area contributed by atoms with E-state index in [1.807, 2.05) is 0 Å². The molecule has 0 fully saturated rings. The highest BCUT2D eigenvalue weighted by Crippen LogP contribution is 2.17. The quantitative estimate of drug-likeness (QED) is 0.724. The Balaban J connectivity index is 2.29. The molecule has 18 heavy (non-hydrogen) atoms. The summed E-state index contributed by atoms with van der Waals surface area (Å²) < 4.78 is 30.6. The van der Waals surface area contributed by atoms with Gasteiger partial charge < -0.3 is 15.2 Å². The van der Waals surface area contributed by atoms with Gasteiger partial charge in [0.05, 0.1) is 0 Å². The molecule has 2 N–H and O–H groups in total. The summed E-state index contributed by atoms with van der Waals surface area (Å²) in [5, 5.41) is 11.1. The van der Waals surface area contributed by atoms with Crippen LogP contribution in [0.5, 0.6) is 5.75 Å². The molecular formula is C12H15F2NO3. The second-order valence-electron chi connectivity index (χ2n) is 3.64. The van der Waals surface area contributed by atoms with Crippen molar-refractivity contribution in [2.75, 3.05) is 19.8 Å². The zero-order valence-electron chi connectivity index (χ0n) is 9.79. The lowest BCUT2D eigenvalue weighted by Gasteiger charge is -2.07. The second kappa shape index (κ2) is 7.60. The van der Waals surface area contributed by atoms with Crippen LogP contribution in [0.2, 0.25) is 0 Å². The Labute approximate surface area is 104 Å². The standard InChI is InChI=1S/C12H15F2NO3/c13-9-3-4-11(10(14)7-9)18-8-12(17)15-5-1-2-6-16/h3-4,7,16H,1-2,5-6,8H2,(H,15,17). The maximum absolute atomic E-state index is 13.1. The first-order chi connectivity index (χ1) is 8.63. The lowest BCUT2D eigenvalue weighted by atomic mass is 10.3. The fourth-order valence-electron chi connectivity index (χ4n) is 1.25. The number of hydrogen-bond acceptors (Lipinski definition) is 3. The Kier molecular flexibility index (Phi) is 6.07. The van der Waals surface area contributed by atoms with Gasteiger partial charge in [0.1, 0.15) is 5.82 Å². The van der Waals surface area contributed by atoms with Crippen LogP contribution in [-0.4, -0.2) is 30.8 Å². The van der Waals surface area contributed by atoms with Gasteiger partial charge in [-0.3, -0.25) is 4.79 Å². The summed E-state index contributed by atoms with van der Waals surface area (Å²) in [7, 11) is 0. The molecule has 6 heteroatoms. The van der Waals surface area contributed by atoms with E-state index >= 15 is 0 Å². The number of halogens is 2. The van der Waals surface area contributed by atoms with Crippen molar-refractivity contribution in [3.05, 3.63) is 29.8 Å². The molecule has 0 radical (unpaired) electrons. The maximum atomic E-state index is 13.1. The summed E-state index contributed by atoms with van der Waals surface area (Å²) in [6.45, 7) is 0.170. The van der Waals surface area contributed by atoms with Gasteiger partial charge >= 0.3 is 0 Å². The Morgan fingerprint density at radius 1 is 1.33 bits per heavy atom. The minimum Gasteiger partial charge on any atom is -0.481 e. The van der Waals surface area contributed by atoms with Crippen molar-refractivity contribution in [1.82, 2.24) is 5.32 Å². The van der Waals surface area contributed by atoms with Gasteiger partial charge in [-0.2, -0.15) is 0 Å². The molecule has 0 unspecified atom stereocenters. The summed E-state index contributed by atoms with van der Waals surface area (Å²) in [6, 6.07) is 2.87. The first-order valence-corrected chi connectivity index (χ1v) is 5.59. The van der Waals surface area contributed by atoms with Crippen LogP contribution in [0, 0.1) is 11.6 Å². The van der Waals surface area contributed by atoms with Gasteiger partial charge in [-0.15, -0.1) is 0 Å². The highest BCUT2D eigenvalue weighted by Gasteiger charge is 2.07. The molecule has 1 amide bonds. The summed E-state index contributed by atoms with van der Waals surface area (Å²) in [6.07, 6.45) is 1.26. The van der Waals surface area contributed by atoms with E-state index in [1.54, 1.807) is 0 Å². The van der Waals surface area contributed by atoms with Gasteiger partial charge in [0, 0.05) is 19.2 Å². The van der Waals surface area contributed by atoms with Crippen molar-refractivity contribution >= 4 is 5.91 Å². The monoisotopic (exact) mass is 259 g/mol. The normalized spacial score (nSPS) is 10.2. The van der Waals surface area contributed by atoms with Crippen LogP contribution in [0.15, 0.2) is 18.2 Å². The summed E-state index contributed by atoms with van der Waals surface area (Å²) in [4.78, 5) is 11.3. The molecule has 1 rings (SSSR count). The molecule has 0 spiro atoms. The van der Waals surface area contributed by atoms with Crippen molar-refractivity contribution < 1.29 is 23.4 Å². The molecule has 0 heterocycles. The minimum absolute atomic E-state index is 0.0765. The molecular weight excluding hydrogens is 244 g/mol. The molecule has 0 aliphatic rings. The van der Waals surface area contributed by atoms with Crippen molar-refractivity contribution in [2.24, 2.45) is 0 Å². The number of aliphatic hydroxyl groups is 1. The van der Waals surface area contributed by atoms with E-state index < -0.39 is 17.5 Å². The van der Waals surface area contributed by atoms with Gasteiger partial charge in [0.2, 0.25) is 0 Å². The van der Waals surface area contributed by atoms with Crippen LogP contribution in [0.25, 0.3) is 0 Å². The number of amides is 1. The van der Waals surface area contributed by atoms with Gasteiger partial charge in [-0.1, -0.05) is 0 Å². The highest BCUT2D eigenvalue weighted by atomic mass is 19.1. The predicted octanol–water partition coefficient (Wildman–Crippen LogP) is 1.23. The fraction of sp³-hybridized carbons (Fsp3) is 0.417. The molecule has 0 atom stereocenters. The molecule has 0 saturated carbocycles. The predicted molar refractivity (Wildman–Crippen MR) is 61.2 cm³/mol. The van der Waals surface area contributed by atoms with Crippen molar-refractivity contribution in [3.63, 3.8) is 0 Å². The number of ether oxygens (including phenoxy) is 1. The van der Waals surface area contributed by atoms with Crippen molar-refractivity contribution in [1.29, 1.82) is 0 Å². The lowest BCUT2D eigenvalue weighted by molar-refractivity contribution is -0.123. The number of nitrogens with one attached hydrogen (secondary N) is 1. The number of unbranched alkanes of at least 4 members (excludes halogenated alkanes) is 1. The summed E-state index contributed by atoms with van der Waals surface area (Å²) >= 11 is 0. The van der Waals surface area contributed by atoms with Gasteiger partial charge in [0.25, 0.3) is 5.91 Å². The maximum Gasteiger partial charge on any atom is 0.257 e. The average Bonchev–Trinajstić information content (AvgIpc) is 2.33. The number of rotatable bonds is 7. The Morgan fingerprint density at radius 2 is 2.11 bits per heavy atom. The van der Waals surface area contributed by atoms with Crippen LogP contribution in [0.1, 0.15) is 12.8 Å². The minimum atomic E-state index is -0.844. The number of carbonyl (C=O) groups is 1. The summed E-state index contributed by atoms with van der Waals surface area (Å²) in [5.41, 5.74) is 0. The molecule has 1 aromatic rings. The smallest absolute Gasteiger partial charge is 0.257 e. The average molecular weight is 259 g/mol. The molecule has 0 bridgehead atoms. The van der Waals surface area contributed by atoms with E-state index in [1.165, 1.54) is 0 Å². The van der Waals surface area contributed by atoms with E-state index in [2.05, 4.69) is 5.32 Å². The van der Waals surface area contributed by atoms with Crippen molar-refractivity contribution in [2.45, 2.75) is 12.8 Å². The van der Waals surface area contributed by atoms with E-state index in [-0.39, 0.29) is 19.0 Å². The third-order valence-corrected chi connectivity index (χ3v) is 2.16. The molecule has 0 aliphatic heterocycles. The molecule has 0 aliphatic carbocycles. The van der Waals surface area contributed by atoms with Gasteiger partial charge in [0.15, 0.2) is 18.2 Å². The topological polar surface area (TPSA) is 58.6 Å². The molecule has 1 aromatic carbocycles. The number of carbonyl (C=O) groups excluding carboxylic acids is 1. The van der Waals surface area contributed by atoms with Crippen LogP contribution < -0.4 is 10.1 Å². The van der Waals surface area contributed by atoms with Crippen LogP contribution in [0.3, 0.4) is 0 Å². The second-order valence-corrected chi connectivity index (χ2v) is 3.64. The van der Waals surface area contributed by atoms with Gasteiger partial charge in [-0.05, 0) is 25.0 Å². The third kappa shape index (κ3) is 5.09. The van der Waals surface area contributed by atoms with E-state index in [9.17, 15) is 13.6 Å². The number of hydrogen-bond donors (Lipinski definition) is 2. The Morgan fingerprint density at radius 3 is 2.78 bits per heavy atom. The highest BCUT2D eigenvalue weighted by molar-refractivity contribution is 5.77. The third-order valence-electron chi connectivity index (χ3n) is 2.16. The largest absolute Gasteiger partial charge is 0.481 e. The zero-order chi connectivity index (χ0) is 13.4. The molecule has 0 aromatic heterocycles. The van der Waals surface area contributed by atoms with Crippen LogP contribution in [-0.2, 0) is 4.79 Å². The van der Waals surface area contributed by atoms with E-state index in [4.69, 9.17) is 9.84 Å². The fourth-order valence-corrected chi connectivity index (χ4v) is 1.25. The van der Waals surface area contributed by atoms with Crippen molar-refractivity contribution in [3.8, 4) is 5.75 Å². The van der Waals surface area contributed by atoms with E-state index in [0.29, 0.717) is 25.5 Å². The first kappa shape index (κ1) is 14.4. The van der Waals surface area contributed by atoms with Crippen LogP contribution in [0.4, 0.5) is 8.78 Å². The molecule has 0 saturated heterocycles. The Bertz CT molecular complexity index is 399. The SMILES string of the molecule is O=C(COc1ccc(F)cc1F)NCCCCO. The first-order valence-electron chi connectivity index (χ1n) is 5.59. The van der Waals surface area contributed by atoms with E-state index in [0.717, 1.165) is 12.1 Å². The zero-order valence-corrected chi connectivity index (χ0v) is 9.79. The number of benzene rings is 1. The summed E-state index contributed by atoms with van der Waals surface area (Å²) in [5.74, 6) is -2.10.